The molecule has 0 aliphatic heterocycles. The molecular weight excluding hydrogens is 248 g/mol. The molecule has 7 nitrogen and oxygen atoms in total. The van der Waals surface area contributed by atoms with Crippen molar-refractivity contribution >= 4 is 11.4 Å². The summed E-state index contributed by atoms with van der Waals surface area (Å²) in [5.74, 6) is 0. The number of nitro benzene ring substituents is 1. The molecule has 2 rings (SSSR count). The summed E-state index contributed by atoms with van der Waals surface area (Å²) in [6, 6.07) is 7.66. The van der Waals surface area contributed by atoms with E-state index >= 15 is 0 Å². The summed E-state index contributed by atoms with van der Waals surface area (Å²) < 4.78 is 1.25. The van der Waals surface area contributed by atoms with E-state index in [4.69, 9.17) is 0 Å². The van der Waals surface area contributed by atoms with Gasteiger partial charge in [0.1, 0.15) is 5.69 Å². The highest BCUT2D eigenvalue weighted by Gasteiger charge is 2.16. The van der Waals surface area contributed by atoms with Crippen LogP contribution in [0.25, 0.3) is 0 Å². The number of benzene rings is 1. The maximum absolute atomic E-state index is 11.6. The van der Waals surface area contributed by atoms with Gasteiger partial charge in [0.15, 0.2) is 0 Å². The second-order valence-corrected chi connectivity index (χ2v) is 3.84. The minimum Gasteiger partial charge on any atom is -0.382 e. The lowest BCUT2D eigenvalue weighted by molar-refractivity contribution is -0.384. The van der Waals surface area contributed by atoms with Crippen molar-refractivity contribution < 1.29 is 4.92 Å². The Hall–Kier alpha value is -2.70. The Morgan fingerprint density at radius 3 is 2.79 bits per heavy atom. The van der Waals surface area contributed by atoms with Crippen LogP contribution in [-0.4, -0.2) is 21.8 Å². The number of nitro groups is 1. The van der Waals surface area contributed by atoms with Crippen molar-refractivity contribution in [3.05, 3.63) is 62.6 Å². The second kappa shape index (κ2) is 5.30. The van der Waals surface area contributed by atoms with Gasteiger partial charge >= 0.3 is 0 Å². The molecule has 0 amide bonds. The average molecular weight is 260 g/mol. The molecule has 1 aromatic carbocycles. The molecule has 0 spiro atoms. The third kappa shape index (κ3) is 2.59. The van der Waals surface area contributed by atoms with E-state index < -0.39 is 4.92 Å². The topological polar surface area (TPSA) is 90.1 Å². The van der Waals surface area contributed by atoms with Crippen molar-refractivity contribution in [3.8, 4) is 0 Å². The van der Waals surface area contributed by atoms with Gasteiger partial charge in [-0.15, -0.1) is 0 Å². The molecule has 0 aliphatic rings. The average Bonchev–Trinajstić information content (AvgIpc) is 2.41. The lowest BCUT2D eigenvalue weighted by atomic mass is 10.1. The molecule has 1 N–H and O–H groups in total. The van der Waals surface area contributed by atoms with Gasteiger partial charge in [-0.3, -0.25) is 14.9 Å². The zero-order chi connectivity index (χ0) is 13.8. The van der Waals surface area contributed by atoms with Gasteiger partial charge in [-0.1, -0.05) is 12.1 Å². The molecule has 7 heteroatoms. The van der Waals surface area contributed by atoms with Gasteiger partial charge in [-0.25, -0.2) is 4.68 Å². The van der Waals surface area contributed by atoms with Crippen LogP contribution in [-0.2, 0) is 6.54 Å². The molecule has 0 radical (unpaired) electrons. The van der Waals surface area contributed by atoms with Gasteiger partial charge in [0.05, 0.1) is 11.5 Å². The highest BCUT2D eigenvalue weighted by Crippen LogP contribution is 2.27. The van der Waals surface area contributed by atoms with E-state index in [1.807, 2.05) is 0 Å². The van der Waals surface area contributed by atoms with Crippen molar-refractivity contribution in [2.75, 3.05) is 12.4 Å². The first-order valence-electron chi connectivity index (χ1n) is 5.59. The molecule has 2 aromatic rings. The molecule has 0 atom stereocenters. The summed E-state index contributed by atoms with van der Waals surface area (Å²) in [6.07, 6.45) is 1.50. The van der Waals surface area contributed by atoms with Crippen LogP contribution in [0.2, 0.25) is 0 Å². The lowest BCUT2D eigenvalue weighted by Crippen LogP contribution is -2.22. The predicted octanol–water partition coefficient (Wildman–Crippen LogP) is 1.24. The maximum Gasteiger partial charge on any atom is 0.292 e. The molecular formula is C12H12N4O3. The molecule has 1 heterocycles. The monoisotopic (exact) mass is 260 g/mol. The molecule has 0 saturated heterocycles. The van der Waals surface area contributed by atoms with Crippen molar-refractivity contribution in [1.82, 2.24) is 9.78 Å². The first kappa shape index (κ1) is 12.7. The Morgan fingerprint density at radius 2 is 2.16 bits per heavy atom. The number of nitrogens with zero attached hydrogens (tertiary/aromatic N) is 3. The highest BCUT2D eigenvalue weighted by molar-refractivity contribution is 5.66. The number of anilines is 1. The van der Waals surface area contributed by atoms with Crippen LogP contribution < -0.4 is 10.9 Å². The quantitative estimate of drug-likeness (QED) is 0.659. The predicted molar refractivity (Wildman–Crippen MR) is 70.2 cm³/mol. The summed E-state index contributed by atoms with van der Waals surface area (Å²) in [5.41, 5.74) is 0.752. The fourth-order valence-electron chi connectivity index (χ4n) is 1.83. The number of hydrogen-bond donors (Lipinski definition) is 1. The Labute approximate surface area is 108 Å². The summed E-state index contributed by atoms with van der Waals surface area (Å²) in [5, 5.41) is 17.7. The smallest absolute Gasteiger partial charge is 0.292 e. The van der Waals surface area contributed by atoms with E-state index in [2.05, 4.69) is 10.4 Å². The highest BCUT2D eigenvalue weighted by atomic mass is 16.6. The Kier molecular flexibility index (Phi) is 3.56. The normalized spacial score (nSPS) is 10.2. The minimum atomic E-state index is -0.462. The number of para-hydroxylation sites is 1. The zero-order valence-corrected chi connectivity index (χ0v) is 10.2. The summed E-state index contributed by atoms with van der Waals surface area (Å²) in [7, 11) is 1.60. The van der Waals surface area contributed by atoms with E-state index in [-0.39, 0.29) is 17.8 Å². The standard InChI is InChI=1S/C12H12N4O3/c1-13-12-9(4-2-5-10(12)16(18)19)8-15-11(17)6-3-7-14-15/h2-7,13H,8H2,1H3. The molecule has 98 valence electrons. The van der Waals surface area contributed by atoms with Crippen LogP contribution in [0.3, 0.4) is 0 Å². The maximum atomic E-state index is 11.6. The van der Waals surface area contributed by atoms with E-state index in [1.54, 1.807) is 25.2 Å². The van der Waals surface area contributed by atoms with Crippen LogP contribution in [0.4, 0.5) is 11.4 Å². The summed E-state index contributed by atoms with van der Waals surface area (Å²) in [6.45, 7) is 0.178. The van der Waals surface area contributed by atoms with Crippen LogP contribution in [0.5, 0.6) is 0 Å². The number of hydrogen-bond acceptors (Lipinski definition) is 5. The number of rotatable bonds is 4. The second-order valence-electron chi connectivity index (χ2n) is 3.84. The molecule has 19 heavy (non-hydrogen) atoms. The van der Waals surface area contributed by atoms with Gasteiger partial charge in [0.2, 0.25) is 0 Å². The SMILES string of the molecule is CNc1c(Cn2ncccc2=O)cccc1[N+](=O)[O-]. The van der Waals surface area contributed by atoms with Crippen molar-refractivity contribution in [1.29, 1.82) is 0 Å². The third-order valence-electron chi connectivity index (χ3n) is 2.68. The zero-order valence-electron chi connectivity index (χ0n) is 10.2. The van der Waals surface area contributed by atoms with Crippen molar-refractivity contribution in [2.24, 2.45) is 0 Å². The summed E-state index contributed by atoms with van der Waals surface area (Å²) in [4.78, 5) is 22.1. The Morgan fingerprint density at radius 1 is 1.37 bits per heavy atom. The van der Waals surface area contributed by atoms with Crippen molar-refractivity contribution in [3.63, 3.8) is 0 Å². The summed E-state index contributed by atoms with van der Waals surface area (Å²) >= 11 is 0. The van der Waals surface area contributed by atoms with Crippen molar-refractivity contribution in [2.45, 2.75) is 6.54 Å². The van der Waals surface area contributed by atoms with Gasteiger partial charge in [-0.2, -0.15) is 5.10 Å². The molecule has 0 fully saturated rings. The molecule has 1 aromatic heterocycles. The van der Waals surface area contributed by atoms with Gasteiger partial charge in [-0.05, 0) is 6.07 Å². The Balaban J connectivity index is 2.46. The molecule has 0 bridgehead atoms. The van der Waals surface area contributed by atoms with E-state index in [9.17, 15) is 14.9 Å². The fourth-order valence-corrected chi connectivity index (χ4v) is 1.83. The van der Waals surface area contributed by atoms with Crippen LogP contribution in [0.15, 0.2) is 41.3 Å². The first-order valence-corrected chi connectivity index (χ1v) is 5.59. The van der Waals surface area contributed by atoms with E-state index in [1.165, 1.54) is 23.0 Å². The van der Waals surface area contributed by atoms with E-state index in [0.29, 0.717) is 11.3 Å². The van der Waals surface area contributed by atoms with Crippen LogP contribution >= 0.6 is 0 Å². The molecule has 0 aliphatic carbocycles. The largest absolute Gasteiger partial charge is 0.382 e. The molecule has 0 unspecified atom stereocenters. The molecule has 0 saturated carbocycles. The minimum absolute atomic E-state index is 0.0241. The Bertz CT molecular complexity index is 666. The fraction of sp³-hybridized carbons (Fsp3) is 0.167. The first-order chi connectivity index (χ1) is 9.13. The van der Waals surface area contributed by atoms with Gasteiger partial charge in [0.25, 0.3) is 11.2 Å². The lowest BCUT2D eigenvalue weighted by Gasteiger charge is -2.10. The van der Waals surface area contributed by atoms with Gasteiger partial charge < -0.3 is 5.32 Å². The van der Waals surface area contributed by atoms with Gasteiger partial charge in [0, 0.05) is 30.9 Å². The van der Waals surface area contributed by atoms with E-state index in [0.717, 1.165) is 0 Å². The third-order valence-corrected chi connectivity index (χ3v) is 2.68. The number of aromatic nitrogens is 2. The number of nitrogens with one attached hydrogen (secondary N) is 1. The van der Waals surface area contributed by atoms with Crippen LogP contribution in [0, 0.1) is 10.1 Å². The van der Waals surface area contributed by atoms with Crippen LogP contribution in [0.1, 0.15) is 5.56 Å².